The first-order chi connectivity index (χ1) is 9.58. The van der Waals surface area contributed by atoms with Crippen molar-refractivity contribution >= 4 is 13.4 Å². The molecule has 20 heavy (non-hydrogen) atoms. The monoisotopic (exact) mass is 288 g/mol. The Balaban J connectivity index is 1.96. The van der Waals surface area contributed by atoms with Gasteiger partial charge in [-0.15, -0.1) is 0 Å². The summed E-state index contributed by atoms with van der Waals surface area (Å²) >= 11 is 0. The number of hydrogen-bond acceptors (Lipinski definition) is 1. The minimum atomic E-state index is -0.428. The highest BCUT2D eigenvalue weighted by molar-refractivity contribution is 7.77. The molecule has 0 amide bonds. The first kappa shape index (κ1) is 14.3. The van der Waals surface area contributed by atoms with Gasteiger partial charge in [-0.1, -0.05) is 30.5 Å². The smallest absolute Gasteiger partial charge is 0.185 e. The van der Waals surface area contributed by atoms with Crippen LogP contribution < -0.4 is 0 Å². The van der Waals surface area contributed by atoms with Crippen molar-refractivity contribution in [3.05, 3.63) is 34.4 Å². The maximum atomic E-state index is 13.2. The average Bonchev–Trinajstić information content (AvgIpc) is 2.61. The SMILES string of the molecule is Cc1cc(C)c(C(=O)P2C3CCCCC2CC3)c(C)c1. The highest BCUT2D eigenvalue weighted by atomic mass is 31.1. The van der Waals surface area contributed by atoms with Crippen LogP contribution in [0.3, 0.4) is 0 Å². The van der Waals surface area contributed by atoms with E-state index in [9.17, 15) is 4.79 Å². The zero-order valence-corrected chi connectivity index (χ0v) is 13.8. The summed E-state index contributed by atoms with van der Waals surface area (Å²) in [6.07, 6.45) is 7.92. The van der Waals surface area contributed by atoms with E-state index in [1.54, 1.807) is 0 Å². The fourth-order valence-electron chi connectivity index (χ4n) is 4.27. The number of benzene rings is 1. The summed E-state index contributed by atoms with van der Waals surface area (Å²) in [7, 11) is -0.428. The van der Waals surface area contributed by atoms with Gasteiger partial charge in [0.2, 0.25) is 0 Å². The second-order valence-electron chi connectivity index (χ2n) is 6.66. The summed E-state index contributed by atoms with van der Waals surface area (Å²) in [6.45, 7) is 6.35. The fraction of sp³-hybridized carbons (Fsp3) is 0.611. The number of carbonyl (C=O) groups is 1. The molecule has 2 aliphatic rings. The van der Waals surface area contributed by atoms with Gasteiger partial charge in [-0.05, 0) is 76.8 Å². The van der Waals surface area contributed by atoms with Crippen LogP contribution in [0.5, 0.6) is 0 Å². The van der Waals surface area contributed by atoms with E-state index in [1.807, 2.05) is 0 Å². The van der Waals surface area contributed by atoms with Gasteiger partial charge in [-0.25, -0.2) is 0 Å². The minimum absolute atomic E-state index is 0.428. The van der Waals surface area contributed by atoms with E-state index in [0.717, 1.165) is 16.9 Å². The van der Waals surface area contributed by atoms with Gasteiger partial charge in [0.15, 0.2) is 5.52 Å². The largest absolute Gasteiger partial charge is 0.289 e. The van der Waals surface area contributed by atoms with Crippen LogP contribution in [0.2, 0.25) is 0 Å². The van der Waals surface area contributed by atoms with Gasteiger partial charge in [-0.3, -0.25) is 4.79 Å². The fourth-order valence-corrected chi connectivity index (χ4v) is 7.91. The number of fused-ring (bicyclic) bond motifs is 2. The Labute approximate surface area is 123 Å². The van der Waals surface area contributed by atoms with Crippen LogP contribution in [0.15, 0.2) is 12.1 Å². The quantitative estimate of drug-likeness (QED) is 0.671. The molecule has 0 N–H and O–H groups in total. The molecular formula is C18H25OP. The minimum Gasteiger partial charge on any atom is -0.289 e. The Morgan fingerprint density at radius 2 is 1.45 bits per heavy atom. The molecule has 2 heteroatoms. The summed E-state index contributed by atoms with van der Waals surface area (Å²) in [4.78, 5) is 13.2. The molecule has 2 fully saturated rings. The van der Waals surface area contributed by atoms with Gasteiger partial charge >= 0.3 is 0 Å². The topological polar surface area (TPSA) is 17.1 Å². The van der Waals surface area contributed by atoms with Crippen molar-refractivity contribution in [1.29, 1.82) is 0 Å². The van der Waals surface area contributed by atoms with Crippen LogP contribution >= 0.6 is 7.92 Å². The molecule has 0 saturated carbocycles. The Morgan fingerprint density at radius 3 is 1.95 bits per heavy atom. The summed E-state index contributed by atoms with van der Waals surface area (Å²) in [5, 5.41) is 0. The zero-order valence-electron chi connectivity index (χ0n) is 12.9. The highest BCUT2D eigenvalue weighted by Gasteiger charge is 2.42. The maximum absolute atomic E-state index is 13.2. The summed E-state index contributed by atoms with van der Waals surface area (Å²) in [5.74, 6) is 0. The Hall–Kier alpha value is -0.680. The highest BCUT2D eigenvalue weighted by Crippen LogP contribution is 2.62. The van der Waals surface area contributed by atoms with Gasteiger partial charge in [0.25, 0.3) is 0 Å². The average molecular weight is 288 g/mol. The van der Waals surface area contributed by atoms with Crippen LogP contribution in [0.4, 0.5) is 0 Å². The molecule has 108 valence electrons. The van der Waals surface area contributed by atoms with E-state index >= 15 is 0 Å². The predicted molar refractivity (Wildman–Crippen MR) is 87.2 cm³/mol. The zero-order chi connectivity index (χ0) is 14.3. The van der Waals surface area contributed by atoms with Gasteiger partial charge < -0.3 is 0 Å². The van der Waals surface area contributed by atoms with Crippen molar-refractivity contribution in [3.8, 4) is 0 Å². The third kappa shape index (κ3) is 2.46. The van der Waals surface area contributed by atoms with E-state index in [4.69, 9.17) is 0 Å². The van der Waals surface area contributed by atoms with Crippen molar-refractivity contribution in [2.75, 3.05) is 0 Å². The third-order valence-electron chi connectivity index (χ3n) is 5.07. The Morgan fingerprint density at radius 1 is 0.950 bits per heavy atom. The summed E-state index contributed by atoms with van der Waals surface area (Å²) < 4.78 is 0. The standard InChI is InChI=1S/C18H25OP/c1-12-10-13(2)17(14(3)11-12)18(19)20-15-6-4-5-7-16(20)9-8-15/h10-11,15-16H,4-9H2,1-3H3. The maximum Gasteiger partial charge on any atom is 0.185 e. The summed E-state index contributed by atoms with van der Waals surface area (Å²) in [6, 6.07) is 4.35. The molecule has 2 saturated heterocycles. The molecule has 1 aromatic rings. The van der Waals surface area contributed by atoms with Crippen LogP contribution in [0.25, 0.3) is 0 Å². The van der Waals surface area contributed by atoms with E-state index in [0.29, 0.717) is 5.52 Å². The first-order valence-electron chi connectivity index (χ1n) is 7.98. The van der Waals surface area contributed by atoms with E-state index in [-0.39, 0.29) is 0 Å². The molecule has 0 aromatic heterocycles. The lowest BCUT2D eigenvalue weighted by Crippen LogP contribution is -2.12. The first-order valence-corrected chi connectivity index (χ1v) is 9.46. The molecule has 3 rings (SSSR count). The van der Waals surface area contributed by atoms with Crippen molar-refractivity contribution in [2.24, 2.45) is 0 Å². The molecule has 0 spiro atoms. The van der Waals surface area contributed by atoms with Crippen molar-refractivity contribution in [1.82, 2.24) is 0 Å². The van der Waals surface area contributed by atoms with E-state index in [2.05, 4.69) is 32.9 Å². The Kier molecular flexibility index (Phi) is 4.00. The lowest BCUT2D eigenvalue weighted by Gasteiger charge is -2.23. The number of hydrogen-bond donors (Lipinski definition) is 0. The van der Waals surface area contributed by atoms with Gasteiger partial charge in [0.05, 0.1) is 0 Å². The molecular weight excluding hydrogens is 263 g/mol. The van der Waals surface area contributed by atoms with Crippen molar-refractivity contribution in [2.45, 2.75) is 70.6 Å². The lowest BCUT2D eigenvalue weighted by atomic mass is 10.0. The van der Waals surface area contributed by atoms with E-state index < -0.39 is 7.92 Å². The van der Waals surface area contributed by atoms with Crippen molar-refractivity contribution in [3.63, 3.8) is 0 Å². The van der Waals surface area contributed by atoms with Crippen LogP contribution in [0.1, 0.15) is 65.6 Å². The normalized spacial score (nSPS) is 29.2. The van der Waals surface area contributed by atoms with Crippen LogP contribution in [0, 0.1) is 20.8 Å². The van der Waals surface area contributed by atoms with Gasteiger partial charge in [0.1, 0.15) is 0 Å². The second-order valence-corrected chi connectivity index (χ2v) is 9.34. The Bertz CT molecular complexity index is 497. The second kappa shape index (κ2) is 5.60. The molecule has 0 aliphatic carbocycles. The molecule has 2 unspecified atom stereocenters. The molecule has 1 aromatic carbocycles. The van der Waals surface area contributed by atoms with Crippen LogP contribution in [-0.4, -0.2) is 16.8 Å². The van der Waals surface area contributed by atoms with Crippen molar-refractivity contribution < 1.29 is 4.79 Å². The number of rotatable bonds is 2. The summed E-state index contributed by atoms with van der Waals surface area (Å²) in [5.41, 5.74) is 6.69. The molecule has 2 aliphatic heterocycles. The molecule has 2 atom stereocenters. The van der Waals surface area contributed by atoms with Gasteiger partial charge in [0, 0.05) is 5.56 Å². The predicted octanol–water partition coefficient (Wildman–Crippen LogP) is 5.34. The van der Waals surface area contributed by atoms with Crippen LogP contribution in [-0.2, 0) is 0 Å². The third-order valence-corrected chi connectivity index (χ3v) is 8.37. The molecule has 1 nitrogen and oxygen atoms in total. The lowest BCUT2D eigenvalue weighted by molar-refractivity contribution is 0.108. The molecule has 0 radical (unpaired) electrons. The van der Waals surface area contributed by atoms with Gasteiger partial charge in [-0.2, -0.15) is 0 Å². The molecule has 2 bridgehead atoms. The number of aryl methyl sites for hydroxylation is 3. The van der Waals surface area contributed by atoms with E-state index in [1.165, 1.54) is 55.2 Å². The molecule has 2 heterocycles. The number of carbonyl (C=O) groups excluding carboxylic acids is 1.